The molecule has 2 aromatic heterocycles. The van der Waals surface area contributed by atoms with Gasteiger partial charge in [-0.15, -0.1) is 0 Å². The minimum absolute atomic E-state index is 0.367. The van der Waals surface area contributed by atoms with E-state index in [9.17, 15) is 14.4 Å². The van der Waals surface area contributed by atoms with Gasteiger partial charge in [-0.05, 0) is 96.8 Å². The van der Waals surface area contributed by atoms with E-state index >= 15 is 0 Å². The number of carbonyl (C=O) groups is 3. The fourth-order valence-electron chi connectivity index (χ4n) is 5.22. The molecule has 0 radical (unpaired) electrons. The summed E-state index contributed by atoms with van der Waals surface area (Å²) in [5.41, 5.74) is 5.79. The van der Waals surface area contributed by atoms with Crippen molar-refractivity contribution in [3.63, 3.8) is 0 Å². The quantitative estimate of drug-likeness (QED) is 0.0936. The first kappa shape index (κ1) is 36.9. The number of hydrogen-bond donors (Lipinski definition) is 2. The van der Waals surface area contributed by atoms with Gasteiger partial charge < -0.3 is 14.8 Å². The highest BCUT2D eigenvalue weighted by molar-refractivity contribution is 7.99. The third-order valence-electron chi connectivity index (χ3n) is 7.92. The van der Waals surface area contributed by atoms with Crippen molar-refractivity contribution in [2.75, 3.05) is 0 Å². The van der Waals surface area contributed by atoms with Crippen LogP contribution in [0, 0.1) is 13.8 Å². The van der Waals surface area contributed by atoms with Gasteiger partial charge in [0.15, 0.2) is 6.29 Å². The summed E-state index contributed by atoms with van der Waals surface area (Å²) in [6.45, 7) is 5.10. The normalized spacial score (nSPS) is 13.3. The standard InChI is InChI=1S/C22H19N3O3S.C20H17NO2S/c1-14-3-2-4-16(11-14)28-13-15-5-7-17(8-6-15)29-19-9-10-23-12-18(19)20-21(26)25-22(27)24-20;1-15-3-2-4-18(11-15)23-14-16-5-7-19(8-6-16)24-20-9-10-21-12-17(20)13-22/h2-12,20H,13H2,1H3,(H2,24,25,26,27);2-13H,14H2,1H3. The zero-order valence-corrected chi connectivity index (χ0v) is 30.7. The van der Waals surface area contributed by atoms with Gasteiger partial charge in [-0.25, -0.2) is 4.79 Å². The lowest BCUT2D eigenvalue weighted by Gasteiger charge is -2.13. The Morgan fingerprint density at radius 1 is 0.679 bits per heavy atom. The first-order valence-corrected chi connectivity index (χ1v) is 18.3. The molecule has 1 unspecified atom stereocenters. The Bertz CT molecular complexity index is 2200. The summed E-state index contributed by atoms with van der Waals surface area (Å²) < 4.78 is 11.6. The number of rotatable bonds is 12. The maximum Gasteiger partial charge on any atom is 0.322 e. The highest BCUT2D eigenvalue weighted by atomic mass is 32.2. The first-order valence-electron chi connectivity index (χ1n) is 16.7. The van der Waals surface area contributed by atoms with Crippen LogP contribution >= 0.6 is 23.5 Å². The lowest BCUT2D eigenvalue weighted by Crippen LogP contribution is -2.22. The van der Waals surface area contributed by atoms with E-state index in [0.29, 0.717) is 24.3 Å². The molecule has 6 aromatic rings. The number of urea groups is 1. The Balaban J connectivity index is 0.000000185. The molecule has 1 fully saturated rings. The van der Waals surface area contributed by atoms with E-state index in [0.717, 1.165) is 54.1 Å². The van der Waals surface area contributed by atoms with Crippen molar-refractivity contribution in [3.05, 3.63) is 167 Å². The summed E-state index contributed by atoms with van der Waals surface area (Å²) in [5, 5.41) is 4.88. The molecule has 266 valence electrons. The van der Waals surface area contributed by atoms with Crippen LogP contribution < -0.4 is 20.1 Å². The number of imide groups is 1. The third kappa shape index (κ3) is 10.6. The van der Waals surface area contributed by atoms with Crippen LogP contribution in [-0.2, 0) is 18.0 Å². The van der Waals surface area contributed by atoms with Gasteiger partial charge in [0.2, 0.25) is 0 Å². The number of amides is 3. The molecule has 0 spiro atoms. The zero-order valence-electron chi connectivity index (χ0n) is 29.0. The minimum Gasteiger partial charge on any atom is -0.489 e. The number of hydrogen-bond acceptors (Lipinski definition) is 9. The van der Waals surface area contributed by atoms with Crippen LogP contribution in [0.2, 0.25) is 0 Å². The van der Waals surface area contributed by atoms with E-state index in [1.54, 1.807) is 36.5 Å². The van der Waals surface area contributed by atoms with Gasteiger partial charge >= 0.3 is 6.03 Å². The van der Waals surface area contributed by atoms with E-state index in [1.165, 1.54) is 17.3 Å². The molecule has 1 atom stereocenters. The van der Waals surface area contributed by atoms with Crippen molar-refractivity contribution < 1.29 is 23.9 Å². The Morgan fingerprint density at radius 3 is 1.72 bits per heavy atom. The average Bonchev–Trinajstić information content (AvgIpc) is 3.52. The molecular formula is C42H36N4O5S2. The Hall–Kier alpha value is -5.91. The number of aromatic nitrogens is 2. The Labute approximate surface area is 316 Å². The van der Waals surface area contributed by atoms with Gasteiger partial charge in [0.05, 0.1) is 0 Å². The molecule has 1 aliphatic rings. The summed E-state index contributed by atoms with van der Waals surface area (Å²) in [6, 6.07) is 34.7. The van der Waals surface area contributed by atoms with Crippen molar-refractivity contribution in [1.29, 1.82) is 0 Å². The predicted octanol–water partition coefficient (Wildman–Crippen LogP) is 8.93. The van der Waals surface area contributed by atoms with E-state index < -0.39 is 12.1 Å². The summed E-state index contributed by atoms with van der Waals surface area (Å²) in [5.74, 6) is 1.36. The molecule has 53 heavy (non-hydrogen) atoms. The smallest absolute Gasteiger partial charge is 0.322 e. The van der Waals surface area contributed by atoms with Gasteiger partial charge in [-0.3, -0.25) is 24.9 Å². The minimum atomic E-state index is -0.722. The average molecular weight is 741 g/mol. The third-order valence-corrected chi connectivity index (χ3v) is 10.1. The lowest BCUT2D eigenvalue weighted by atomic mass is 10.1. The molecule has 3 heterocycles. The molecule has 4 aromatic carbocycles. The molecule has 3 amide bonds. The van der Waals surface area contributed by atoms with E-state index in [-0.39, 0.29) is 5.91 Å². The van der Waals surface area contributed by atoms with E-state index in [2.05, 4.69) is 20.6 Å². The molecule has 0 aliphatic carbocycles. The number of aldehydes is 1. The van der Waals surface area contributed by atoms with Crippen LogP contribution in [-0.4, -0.2) is 28.2 Å². The molecule has 11 heteroatoms. The topological polar surface area (TPSA) is 120 Å². The molecular weight excluding hydrogens is 705 g/mol. The SMILES string of the molecule is Cc1cccc(OCc2ccc(Sc3ccncc3C3NC(=O)NC3=O)cc2)c1.Cc1cccc(OCc2ccc(Sc3ccncc3C=O)cc2)c1. The van der Waals surface area contributed by atoms with Gasteiger partial charge in [0.25, 0.3) is 5.91 Å². The second-order valence-corrected chi connectivity index (χ2v) is 14.3. The molecule has 7 rings (SSSR count). The van der Waals surface area contributed by atoms with Crippen LogP contribution in [0.3, 0.4) is 0 Å². The van der Waals surface area contributed by atoms with Crippen LogP contribution in [0.4, 0.5) is 4.79 Å². The Kier molecular flexibility index (Phi) is 12.5. The largest absolute Gasteiger partial charge is 0.489 e. The second kappa shape index (κ2) is 18.0. The predicted molar refractivity (Wildman–Crippen MR) is 205 cm³/mol. The monoisotopic (exact) mass is 740 g/mol. The molecule has 9 nitrogen and oxygen atoms in total. The number of pyridine rings is 2. The number of carbonyl (C=O) groups excluding carboxylic acids is 3. The first-order chi connectivity index (χ1) is 25.8. The summed E-state index contributed by atoms with van der Waals surface area (Å²) in [6.07, 6.45) is 7.39. The van der Waals surface area contributed by atoms with Crippen molar-refractivity contribution in [3.8, 4) is 11.5 Å². The second-order valence-electron chi connectivity index (χ2n) is 12.0. The lowest BCUT2D eigenvalue weighted by molar-refractivity contribution is -0.120. The van der Waals surface area contributed by atoms with Gasteiger partial charge in [0.1, 0.15) is 30.8 Å². The maximum atomic E-state index is 12.0. The van der Waals surface area contributed by atoms with Crippen molar-refractivity contribution >= 4 is 41.7 Å². The number of aryl methyl sites for hydroxylation is 2. The zero-order chi connectivity index (χ0) is 37.0. The summed E-state index contributed by atoms with van der Waals surface area (Å²) in [4.78, 5) is 46.4. The van der Waals surface area contributed by atoms with E-state index in [4.69, 9.17) is 9.47 Å². The van der Waals surface area contributed by atoms with Crippen molar-refractivity contribution in [2.24, 2.45) is 0 Å². The molecule has 2 N–H and O–H groups in total. The molecule has 1 aliphatic heterocycles. The fraction of sp³-hybridized carbons (Fsp3) is 0.119. The van der Waals surface area contributed by atoms with Crippen LogP contribution in [0.15, 0.2) is 154 Å². The van der Waals surface area contributed by atoms with Crippen LogP contribution in [0.5, 0.6) is 11.5 Å². The highest BCUT2D eigenvalue weighted by Gasteiger charge is 2.32. The molecule has 0 saturated carbocycles. The maximum absolute atomic E-state index is 12.0. The van der Waals surface area contributed by atoms with Gasteiger partial charge in [-0.1, -0.05) is 72.1 Å². The van der Waals surface area contributed by atoms with Gasteiger partial charge in [0, 0.05) is 55.5 Å². The summed E-state index contributed by atoms with van der Waals surface area (Å²) >= 11 is 3.07. The number of benzene rings is 4. The fourth-order valence-corrected chi connectivity index (χ4v) is 7.04. The van der Waals surface area contributed by atoms with Crippen LogP contribution in [0.25, 0.3) is 0 Å². The van der Waals surface area contributed by atoms with Crippen molar-refractivity contribution in [2.45, 2.75) is 52.7 Å². The van der Waals surface area contributed by atoms with Gasteiger partial charge in [-0.2, -0.15) is 0 Å². The van der Waals surface area contributed by atoms with Crippen LogP contribution in [0.1, 0.15) is 44.2 Å². The Morgan fingerprint density at radius 2 is 1.21 bits per heavy atom. The van der Waals surface area contributed by atoms with E-state index in [1.807, 2.05) is 123 Å². The van der Waals surface area contributed by atoms with Crippen molar-refractivity contribution in [1.82, 2.24) is 20.6 Å². The molecule has 0 bridgehead atoms. The highest BCUT2D eigenvalue weighted by Crippen LogP contribution is 2.34. The number of nitrogens with zero attached hydrogens (tertiary/aromatic N) is 2. The summed E-state index contributed by atoms with van der Waals surface area (Å²) in [7, 11) is 0. The molecule has 1 saturated heterocycles. The number of ether oxygens (including phenoxy) is 2. The number of nitrogens with one attached hydrogen (secondary N) is 2.